The number of aromatic nitrogens is 3. The Morgan fingerprint density at radius 2 is 1.81 bits per heavy atom. The lowest BCUT2D eigenvalue weighted by Crippen LogP contribution is -2.47. The molecule has 6 heteroatoms. The van der Waals surface area contributed by atoms with E-state index < -0.39 is 0 Å². The van der Waals surface area contributed by atoms with Crippen molar-refractivity contribution in [1.82, 2.24) is 15.2 Å². The molecule has 0 unspecified atom stereocenters. The second-order valence-corrected chi connectivity index (χ2v) is 5.75. The SMILES string of the molecule is Cc1cccc(N2CCN(c3nc(=S)[nH]nc3C)CC2)c1. The van der Waals surface area contributed by atoms with E-state index >= 15 is 0 Å². The Morgan fingerprint density at radius 3 is 2.52 bits per heavy atom. The van der Waals surface area contributed by atoms with E-state index in [4.69, 9.17) is 12.2 Å². The van der Waals surface area contributed by atoms with Crippen LogP contribution in [-0.2, 0) is 0 Å². The van der Waals surface area contributed by atoms with Gasteiger partial charge < -0.3 is 9.80 Å². The number of rotatable bonds is 2. The molecule has 0 spiro atoms. The molecule has 0 atom stereocenters. The molecule has 1 saturated heterocycles. The first-order valence-electron chi connectivity index (χ1n) is 7.13. The van der Waals surface area contributed by atoms with Crippen LogP contribution in [0.5, 0.6) is 0 Å². The van der Waals surface area contributed by atoms with E-state index in [0.29, 0.717) is 4.77 Å². The molecule has 1 N–H and O–H groups in total. The molecule has 2 aromatic rings. The van der Waals surface area contributed by atoms with Gasteiger partial charge in [0.1, 0.15) is 5.69 Å². The Balaban J connectivity index is 1.73. The number of aryl methyl sites for hydroxylation is 2. The smallest absolute Gasteiger partial charge is 0.215 e. The maximum absolute atomic E-state index is 5.08. The van der Waals surface area contributed by atoms with Gasteiger partial charge in [-0.15, -0.1) is 0 Å². The normalized spacial score (nSPS) is 15.3. The first-order valence-corrected chi connectivity index (χ1v) is 7.54. The molecule has 0 amide bonds. The summed E-state index contributed by atoms with van der Waals surface area (Å²) in [5.41, 5.74) is 3.49. The lowest BCUT2D eigenvalue weighted by atomic mass is 10.2. The number of anilines is 2. The summed E-state index contributed by atoms with van der Waals surface area (Å²) < 4.78 is 0.441. The largest absolute Gasteiger partial charge is 0.368 e. The van der Waals surface area contributed by atoms with E-state index in [9.17, 15) is 0 Å². The molecule has 1 aliphatic heterocycles. The zero-order valence-electron chi connectivity index (χ0n) is 12.3. The number of H-pyrrole nitrogens is 1. The summed E-state index contributed by atoms with van der Waals surface area (Å²) in [5, 5.41) is 6.93. The summed E-state index contributed by atoms with van der Waals surface area (Å²) in [5.74, 6) is 0.905. The van der Waals surface area contributed by atoms with Gasteiger partial charge in [0.2, 0.25) is 4.77 Å². The highest BCUT2D eigenvalue weighted by atomic mass is 32.1. The van der Waals surface area contributed by atoms with Crippen molar-refractivity contribution in [2.45, 2.75) is 13.8 Å². The molecule has 1 fully saturated rings. The van der Waals surface area contributed by atoms with E-state index in [0.717, 1.165) is 37.7 Å². The van der Waals surface area contributed by atoms with Gasteiger partial charge in [-0.05, 0) is 43.8 Å². The summed E-state index contributed by atoms with van der Waals surface area (Å²) in [6.07, 6.45) is 0. The molecule has 5 nitrogen and oxygen atoms in total. The topological polar surface area (TPSA) is 48.0 Å². The molecule has 0 saturated carbocycles. The Morgan fingerprint density at radius 1 is 1.10 bits per heavy atom. The van der Waals surface area contributed by atoms with Gasteiger partial charge >= 0.3 is 0 Å². The zero-order chi connectivity index (χ0) is 14.8. The lowest BCUT2D eigenvalue weighted by Gasteiger charge is -2.37. The second-order valence-electron chi connectivity index (χ2n) is 5.36. The van der Waals surface area contributed by atoms with E-state index in [1.165, 1.54) is 11.3 Å². The van der Waals surface area contributed by atoms with Crippen molar-refractivity contribution in [2.75, 3.05) is 36.0 Å². The number of nitrogens with one attached hydrogen (secondary N) is 1. The predicted octanol–water partition coefficient (Wildman–Crippen LogP) is 2.48. The molecular formula is C15H19N5S. The first kappa shape index (κ1) is 14.0. The Labute approximate surface area is 129 Å². The molecule has 110 valence electrons. The number of piperazine rings is 1. The van der Waals surface area contributed by atoms with Crippen LogP contribution >= 0.6 is 12.2 Å². The van der Waals surface area contributed by atoms with Crippen LogP contribution in [0.1, 0.15) is 11.3 Å². The monoisotopic (exact) mass is 301 g/mol. The summed E-state index contributed by atoms with van der Waals surface area (Å²) in [6, 6.07) is 8.65. The third-order valence-corrected chi connectivity index (χ3v) is 3.98. The van der Waals surface area contributed by atoms with Crippen LogP contribution < -0.4 is 9.80 Å². The van der Waals surface area contributed by atoms with Crippen molar-refractivity contribution in [2.24, 2.45) is 0 Å². The fraction of sp³-hybridized carbons (Fsp3) is 0.400. The van der Waals surface area contributed by atoms with Crippen LogP contribution in [0.15, 0.2) is 24.3 Å². The average molecular weight is 301 g/mol. The van der Waals surface area contributed by atoms with Crippen LogP contribution in [-0.4, -0.2) is 41.4 Å². The zero-order valence-corrected chi connectivity index (χ0v) is 13.2. The highest BCUT2D eigenvalue weighted by Gasteiger charge is 2.20. The highest BCUT2D eigenvalue weighted by Crippen LogP contribution is 2.21. The van der Waals surface area contributed by atoms with Crippen molar-refractivity contribution in [3.05, 3.63) is 40.3 Å². The molecule has 0 radical (unpaired) electrons. The van der Waals surface area contributed by atoms with Gasteiger partial charge in [-0.25, -0.2) is 0 Å². The summed E-state index contributed by atoms with van der Waals surface area (Å²) in [4.78, 5) is 9.09. The quantitative estimate of drug-likeness (QED) is 0.864. The number of aromatic amines is 1. The third-order valence-electron chi connectivity index (χ3n) is 3.80. The first-order chi connectivity index (χ1) is 10.1. The van der Waals surface area contributed by atoms with Gasteiger partial charge in [0.15, 0.2) is 5.82 Å². The highest BCUT2D eigenvalue weighted by molar-refractivity contribution is 7.71. The lowest BCUT2D eigenvalue weighted by molar-refractivity contribution is 0.640. The van der Waals surface area contributed by atoms with Gasteiger partial charge in [-0.3, -0.25) is 5.10 Å². The summed E-state index contributed by atoms with van der Waals surface area (Å²) in [6.45, 7) is 7.92. The van der Waals surface area contributed by atoms with Crippen LogP contribution in [0.25, 0.3) is 0 Å². The molecule has 2 heterocycles. The Bertz CT molecular complexity index is 688. The van der Waals surface area contributed by atoms with E-state index in [1.54, 1.807) is 0 Å². The molecular weight excluding hydrogens is 282 g/mol. The Kier molecular flexibility index (Phi) is 3.88. The van der Waals surface area contributed by atoms with Gasteiger partial charge in [0.05, 0.1) is 0 Å². The fourth-order valence-electron chi connectivity index (χ4n) is 2.68. The van der Waals surface area contributed by atoms with E-state index in [-0.39, 0.29) is 0 Å². The molecule has 1 aliphatic rings. The maximum Gasteiger partial charge on any atom is 0.215 e. The van der Waals surface area contributed by atoms with Crippen LogP contribution in [0.2, 0.25) is 0 Å². The Hall–Kier alpha value is -1.95. The molecule has 1 aromatic carbocycles. The average Bonchev–Trinajstić information content (AvgIpc) is 2.50. The van der Waals surface area contributed by atoms with Gasteiger partial charge in [-0.1, -0.05) is 12.1 Å². The van der Waals surface area contributed by atoms with Gasteiger partial charge in [0.25, 0.3) is 0 Å². The van der Waals surface area contributed by atoms with Crippen LogP contribution in [0, 0.1) is 18.6 Å². The minimum Gasteiger partial charge on any atom is -0.368 e. The number of hydrogen-bond acceptors (Lipinski definition) is 5. The van der Waals surface area contributed by atoms with Crippen molar-refractivity contribution in [1.29, 1.82) is 0 Å². The minimum atomic E-state index is 0.441. The molecule has 1 aromatic heterocycles. The van der Waals surface area contributed by atoms with Crippen molar-refractivity contribution in [3.8, 4) is 0 Å². The number of hydrogen-bond donors (Lipinski definition) is 1. The summed E-state index contributed by atoms with van der Waals surface area (Å²) >= 11 is 5.08. The van der Waals surface area contributed by atoms with Crippen molar-refractivity contribution < 1.29 is 0 Å². The minimum absolute atomic E-state index is 0.441. The van der Waals surface area contributed by atoms with E-state index in [1.807, 2.05) is 6.92 Å². The van der Waals surface area contributed by atoms with E-state index in [2.05, 4.69) is 56.2 Å². The van der Waals surface area contributed by atoms with Crippen LogP contribution in [0.4, 0.5) is 11.5 Å². The standard InChI is InChI=1S/C15H19N5S/c1-11-4-3-5-13(10-11)19-6-8-20(9-7-19)14-12(2)17-18-15(21)16-14/h3-5,10H,6-9H2,1-2H3,(H,16,18,21). The molecule has 0 bridgehead atoms. The van der Waals surface area contributed by atoms with Crippen LogP contribution in [0.3, 0.4) is 0 Å². The predicted molar refractivity (Wildman–Crippen MR) is 87.6 cm³/mol. The second kappa shape index (κ2) is 5.81. The van der Waals surface area contributed by atoms with Crippen molar-refractivity contribution in [3.63, 3.8) is 0 Å². The van der Waals surface area contributed by atoms with Gasteiger partial charge in [0, 0.05) is 31.9 Å². The number of benzene rings is 1. The molecule has 21 heavy (non-hydrogen) atoms. The number of nitrogens with zero attached hydrogens (tertiary/aromatic N) is 4. The fourth-order valence-corrected chi connectivity index (χ4v) is 2.82. The maximum atomic E-state index is 5.08. The molecule has 3 rings (SSSR count). The summed E-state index contributed by atoms with van der Waals surface area (Å²) in [7, 11) is 0. The van der Waals surface area contributed by atoms with Crippen molar-refractivity contribution >= 4 is 23.7 Å². The third kappa shape index (κ3) is 3.05. The molecule has 0 aliphatic carbocycles. The van der Waals surface area contributed by atoms with Gasteiger partial charge in [-0.2, -0.15) is 10.1 Å².